The highest BCUT2D eigenvalue weighted by atomic mass is 35.5. The van der Waals surface area contributed by atoms with Gasteiger partial charge < -0.3 is 10.2 Å². The Bertz CT molecular complexity index is 819. The van der Waals surface area contributed by atoms with Crippen molar-refractivity contribution in [3.8, 4) is 0 Å². The molecule has 0 bridgehead atoms. The number of rotatable bonds is 4. The largest absolute Gasteiger partial charge is 0.352 e. The molecule has 1 aliphatic heterocycles. The van der Waals surface area contributed by atoms with E-state index in [1.165, 1.54) is 0 Å². The Kier molecular flexibility index (Phi) is 5.09. The van der Waals surface area contributed by atoms with E-state index in [2.05, 4.69) is 5.32 Å². The zero-order chi connectivity index (χ0) is 18.0. The second kappa shape index (κ2) is 7.28. The number of nitrogens with zero attached hydrogens (tertiary/aromatic N) is 1. The van der Waals surface area contributed by atoms with Gasteiger partial charge in [-0.15, -0.1) is 0 Å². The first kappa shape index (κ1) is 17.5. The van der Waals surface area contributed by atoms with Crippen LogP contribution in [-0.2, 0) is 16.1 Å². The van der Waals surface area contributed by atoms with Crippen molar-refractivity contribution in [3.63, 3.8) is 0 Å². The van der Waals surface area contributed by atoms with Gasteiger partial charge in [-0.2, -0.15) is 0 Å². The molecule has 1 saturated heterocycles. The minimum Gasteiger partial charge on any atom is -0.352 e. The van der Waals surface area contributed by atoms with E-state index >= 15 is 0 Å². The van der Waals surface area contributed by atoms with Crippen LogP contribution in [-0.4, -0.2) is 18.4 Å². The van der Waals surface area contributed by atoms with Crippen molar-refractivity contribution in [2.24, 2.45) is 5.92 Å². The van der Waals surface area contributed by atoms with Gasteiger partial charge in [0, 0.05) is 30.2 Å². The molecule has 2 aromatic carbocycles. The lowest BCUT2D eigenvalue weighted by atomic mass is 10.1. The minimum absolute atomic E-state index is 0.00778. The second-order valence-corrected chi connectivity index (χ2v) is 6.84. The third-order valence-electron chi connectivity index (χ3n) is 4.77. The summed E-state index contributed by atoms with van der Waals surface area (Å²) in [6.07, 6.45) is 0.238. The monoisotopic (exact) mass is 356 g/mol. The summed E-state index contributed by atoms with van der Waals surface area (Å²) in [4.78, 5) is 26.6. The predicted octanol–water partition coefficient (Wildman–Crippen LogP) is 3.63. The summed E-state index contributed by atoms with van der Waals surface area (Å²) >= 11 is 6.11. The Labute approximate surface area is 152 Å². The maximum atomic E-state index is 12.5. The molecule has 0 radical (unpaired) electrons. The molecule has 2 aromatic rings. The fourth-order valence-corrected chi connectivity index (χ4v) is 3.32. The molecular weight excluding hydrogens is 336 g/mol. The molecule has 0 saturated carbocycles. The molecule has 0 aliphatic carbocycles. The van der Waals surface area contributed by atoms with Crippen LogP contribution >= 0.6 is 11.6 Å². The normalized spacial score (nSPS) is 17.0. The van der Waals surface area contributed by atoms with Gasteiger partial charge in [-0.1, -0.05) is 41.9 Å². The third-order valence-corrected chi connectivity index (χ3v) is 5.14. The van der Waals surface area contributed by atoms with Crippen molar-refractivity contribution in [2.45, 2.75) is 26.8 Å². The molecule has 1 aliphatic rings. The van der Waals surface area contributed by atoms with E-state index < -0.39 is 0 Å². The first-order valence-electron chi connectivity index (χ1n) is 8.35. The van der Waals surface area contributed by atoms with Gasteiger partial charge in [0.25, 0.3) is 0 Å². The average molecular weight is 357 g/mol. The number of nitrogens with one attached hydrogen (secondary N) is 1. The highest BCUT2D eigenvalue weighted by molar-refractivity contribution is 6.31. The number of benzene rings is 2. The summed E-state index contributed by atoms with van der Waals surface area (Å²) < 4.78 is 0. The Morgan fingerprint density at radius 2 is 1.96 bits per heavy atom. The van der Waals surface area contributed by atoms with Crippen molar-refractivity contribution in [2.75, 3.05) is 11.4 Å². The van der Waals surface area contributed by atoms with E-state index in [9.17, 15) is 9.59 Å². The Balaban J connectivity index is 1.67. The first-order chi connectivity index (χ1) is 12.0. The van der Waals surface area contributed by atoms with Crippen molar-refractivity contribution >= 4 is 29.1 Å². The van der Waals surface area contributed by atoms with Crippen molar-refractivity contribution < 1.29 is 9.59 Å². The lowest BCUT2D eigenvalue weighted by Gasteiger charge is -2.20. The molecule has 1 atom stereocenters. The van der Waals surface area contributed by atoms with E-state index in [0.29, 0.717) is 18.1 Å². The number of hydrogen-bond acceptors (Lipinski definition) is 2. The molecule has 5 heteroatoms. The molecule has 3 rings (SSSR count). The molecule has 4 nitrogen and oxygen atoms in total. The number of anilines is 1. The quantitative estimate of drug-likeness (QED) is 0.909. The van der Waals surface area contributed by atoms with Crippen LogP contribution in [0.15, 0.2) is 42.5 Å². The maximum absolute atomic E-state index is 12.5. The van der Waals surface area contributed by atoms with E-state index in [1.807, 2.05) is 50.2 Å². The SMILES string of the molecule is Cc1cccc(N2CC(C(=O)NCc3ccccc3Cl)CC2=O)c1C. The van der Waals surface area contributed by atoms with Crippen molar-refractivity contribution in [3.05, 3.63) is 64.2 Å². The van der Waals surface area contributed by atoms with Crippen LogP contribution in [0.25, 0.3) is 0 Å². The molecule has 1 fully saturated rings. The van der Waals surface area contributed by atoms with Crippen LogP contribution in [0.4, 0.5) is 5.69 Å². The number of amides is 2. The van der Waals surface area contributed by atoms with Gasteiger partial charge in [0.05, 0.1) is 5.92 Å². The minimum atomic E-state index is -0.338. The molecule has 1 N–H and O–H groups in total. The molecule has 1 heterocycles. The average Bonchev–Trinajstić information content (AvgIpc) is 2.98. The Morgan fingerprint density at radius 3 is 2.72 bits per heavy atom. The van der Waals surface area contributed by atoms with Crippen molar-refractivity contribution in [1.82, 2.24) is 5.32 Å². The van der Waals surface area contributed by atoms with Crippen molar-refractivity contribution in [1.29, 1.82) is 0 Å². The molecule has 2 amide bonds. The van der Waals surface area contributed by atoms with Crippen LogP contribution in [0, 0.1) is 19.8 Å². The van der Waals surface area contributed by atoms with Gasteiger partial charge in [0.15, 0.2) is 0 Å². The summed E-state index contributed by atoms with van der Waals surface area (Å²) in [6, 6.07) is 13.3. The molecule has 0 spiro atoms. The Hall–Kier alpha value is -2.33. The Morgan fingerprint density at radius 1 is 1.20 bits per heavy atom. The molecule has 1 unspecified atom stereocenters. The lowest BCUT2D eigenvalue weighted by molar-refractivity contribution is -0.126. The number of carbonyl (C=O) groups excluding carboxylic acids is 2. The maximum Gasteiger partial charge on any atom is 0.227 e. The second-order valence-electron chi connectivity index (χ2n) is 6.43. The number of hydrogen-bond donors (Lipinski definition) is 1. The van der Waals surface area contributed by atoms with Gasteiger partial charge in [-0.3, -0.25) is 9.59 Å². The van der Waals surface area contributed by atoms with E-state index in [-0.39, 0.29) is 24.2 Å². The lowest BCUT2D eigenvalue weighted by Crippen LogP contribution is -2.32. The third kappa shape index (κ3) is 3.69. The molecule has 0 aromatic heterocycles. The fourth-order valence-electron chi connectivity index (χ4n) is 3.11. The topological polar surface area (TPSA) is 49.4 Å². The molecule has 25 heavy (non-hydrogen) atoms. The van der Waals surface area contributed by atoms with Gasteiger partial charge in [-0.25, -0.2) is 0 Å². The summed E-state index contributed by atoms with van der Waals surface area (Å²) in [6.45, 7) is 4.81. The van der Waals surface area contributed by atoms with Crippen LogP contribution in [0.3, 0.4) is 0 Å². The van der Waals surface area contributed by atoms with Gasteiger partial charge in [-0.05, 0) is 42.7 Å². The highest BCUT2D eigenvalue weighted by Gasteiger charge is 2.35. The zero-order valence-electron chi connectivity index (χ0n) is 14.4. The van der Waals surface area contributed by atoms with Gasteiger partial charge >= 0.3 is 0 Å². The fraction of sp³-hybridized carbons (Fsp3) is 0.300. The summed E-state index contributed by atoms with van der Waals surface area (Å²) in [7, 11) is 0. The first-order valence-corrected chi connectivity index (χ1v) is 8.73. The van der Waals surface area contributed by atoms with Crippen LogP contribution in [0.1, 0.15) is 23.1 Å². The zero-order valence-corrected chi connectivity index (χ0v) is 15.1. The number of halogens is 1. The molecular formula is C20H21ClN2O2. The van der Waals surface area contributed by atoms with Gasteiger partial charge in [0.1, 0.15) is 0 Å². The summed E-state index contributed by atoms with van der Waals surface area (Å²) in [5.74, 6) is -0.456. The van der Waals surface area contributed by atoms with E-state index in [1.54, 1.807) is 11.0 Å². The number of aryl methyl sites for hydroxylation is 1. The summed E-state index contributed by atoms with van der Waals surface area (Å²) in [5.41, 5.74) is 3.98. The van der Waals surface area contributed by atoms with E-state index in [4.69, 9.17) is 11.6 Å². The highest BCUT2D eigenvalue weighted by Crippen LogP contribution is 2.29. The van der Waals surface area contributed by atoms with Crippen LogP contribution in [0.5, 0.6) is 0 Å². The van der Waals surface area contributed by atoms with E-state index in [0.717, 1.165) is 22.4 Å². The van der Waals surface area contributed by atoms with Crippen LogP contribution in [0.2, 0.25) is 5.02 Å². The van der Waals surface area contributed by atoms with Gasteiger partial charge in [0.2, 0.25) is 11.8 Å². The summed E-state index contributed by atoms with van der Waals surface area (Å²) in [5, 5.41) is 3.53. The number of carbonyl (C=O) groups is 2. The predicted molar refractivity (Wildman–Crippen MR) is 99.7 cm³/mol. The standard InChI is InChI=1S/C20H21ClN2O2/c1-13-6-5-9-18(14(13)2)23-12-16(10-19(23)24)20(25)22-11-15-7-3-4-8-17(15)21/h3-9,16H,10-12H2,1-2H3,(H,22,25). The molecule has 130 valence electrons. The van der Waals surface area contributed by atoms with Crippen LogP contribution < -0.4 is 10.2 Å². The smallest absolute Gasteiger partial charge is 0.227 e.